The Bertz CT molecular complexity index is 424. The Morgan fingerprint density at radius 3 is 2.46 bits per heavy atom. The van der Waals surface area contributed by atoms with Crippen LogP contribution in [-0.2, 0) is 0 Å². The maximum atomic E-state index is 8.42. The second kappa shape index (κ2) is 3.13. The van der Waals surface area contributed by atoms with Crippen molar-refractivity contribution in [3.05, 3.63) is 47.5 Å². The smallest absolute Gasteiger partial charge is 0.428 e. The summed E-state index contributed by atoms with van der Waals surface area (Å²) >= 11 is 0. The first-order valence-electron chi connectivity index (χ1n) is 3.81. The van der Waals surface area contributed by atoms with Crippen molar-refractivity contribution in [2.24, 2.45) is 10.2 Å². The molecule has 0 radical (unpaired) electrons. The standard InChI is InChI=1S/C9H6N4/c10-11-9-6-8(12-13-9)7-4-2-1-3-5-7/h1-6H. The van der Waals surface area contributed by atoms with Crippen LogP contribution in [0.2, 0.25) is 0 Å². The van der Waals surface area contributed by atoms with Gasteiger partial charge in [-0.25, -0.2) is 0 Å². The summed E-state index contributed by atoms with van der Waals surface area (Å²) in [7, 11) is 0. The Hall–Kier alpha value is -2.06. The fraction of sp³-hybridized carbons (Fsp3) is 0. The van der Waals surface area contributed by atoms with Crippen LogP contribution in [-0.4, -0.2) is 10.6 Å². The van der Waals surface area contributed by atoms with E-state index in [4.69, 9.17) is 5.53 Å². The van der Waals surface area contributed by atoms with Gasteiger partial charge in [0, 0.05) is 5.56 Å². The van der Waals surface area contributed by atoms with Crippen LogP contribution >= 0.6 is 0 Å². The number of hydrogen-bond acceptors (Lipinski definition) is 1. The molecule has 0 spiro atoms. The predicted octanol–water partition coefficient (Wildman–Crippen LogP) is 2.12. The lowest BCUT2D eigenvalue weighted by Crippen LogP contribution is -1.83. The van der Waals surface area contributed by atoms with E-state index in [2.05, 4.69) is 15.0 Å². The van der Waals surface area contributed by atoms with Crippen molar-refractivity contribution < 1.29 is 4.79 Å². The summed E-state index contributed by atoms with van der Waals surface area (Å²) in [5.74, 6) is 0.235. The molecule has 2 rings (SSSR count). The molecule has 0 unspecified atom stereocenters. The predicted molar refractivity (Wildman–Crippen MR) is 47.9 cm³/mol. The lowest BCUT2D eigenvalue weighted by molar-refractivity contribution is -0.00490. The van der Waals surface area contributed by atoms with E-state index in [-0.39, 0.29) is 5.84 Å². The zero-order chi connectivity index (χ0) is 9.10. The molecule has 0 atom stereocenters. The molecule has 0 aliphatic carbocycles. The molecule has 13 heavy (non-hydrogen) atoms. The molecular formula is C9H6N4. The van der Waals surface area contributed by atoms with Crippen LogP contribution in [0.1, 0.15) is 5.56 Å². The van der Waals surface area contributed by atoms with Crippen molar-refractivity contribution in [3.63, 3.8) is 0 Å². The molecular weight excluding hydrogens is 164 g/mol. The Morgan fingerprint density at radius 1 is 1.08 bits per heavy atom. The van der Waals surface area contributed by atoms with Gasteiger partial charge >= 0.3 is 5.84 Å². The van der Waals surface area contributed by atoms with Crippen LogP contribution in [0.15, 0.2) is 46.6 Å². The van der Waals surface area contributed by atoms with E-state index in [9.17, 15) is 0 Å². The van der Waals surface area contributed by atoms with Crippen LogP contribution in [0.5, 0.6) is 0 Å². The first-order chi connectivity index (χ1) is 6.40. The van der Waals surface area contributed by atoms with Crippen LogP contribution < -0.4 is 0 Å². The van der Waals surface area contributed by atoms with Crippen molar-refractivity contribution in [2.45, 2.75) is 0 Å². The molecule has 0 fully saturated rings. The van der Waals surface area contributed by atoms with Crippen molar-refractivity contribution in [1.29, 1.82) is 0 Å². The second-order valence-corrected chi connectivity index (χ2v) is 2.55. The highest BCUT2D eigenvalue weighted by molar-refractivity contribution is 5.98. The fourth-order valence-corrected chi connectivity index (χ4v) is 1.08. The van der Waals surface area contributed by atoms with Crippen molar-refractivity contribution in [1.82, 2.24) is 0 Å². The molecule has 4 nitrogen and oxygen atoms in total. The number of hydrogen-bond donors (Lipinski definition) is 0. The van der Waals surface area contributed by atoms with E-state index in [1.807, 2.05) is 30.3 Å². The summed E-state index contributed by atoms with van der Waals surface area (Å²) in [6, 6.07) is 9.60. The minimum Gasteiger partial charge on any atom is -0.497 e. The van der Waals surface area contributed by atoms with Gasteiger partial charge in [0.05, 0.1) is 11.2 Å². The second-order valence-electron chi connectivity index (χ2n) is 2.55. The molecule has 1 heterocycles. The maximum absolute atomic E-state index is 8.42. The van der Waals surface area contributed by atoms with E-state index in [1.54, 1.807) is 6.08 Å². The van der Waals surface area contributed by atoms with Gasteiger partial charge in [-0.3, -0.25) is 0 Å². The van der Waals surface area contributed by atoms with E-state index in [1.165, 1.54) is 0 Å². The summed E-state index contributed by atoms with van der Waals surface area (Å²) in [6.07, 6.45) is 1.62. The molecule has 1 aromatic rings. The summed E-state index contributed by atoms with van der Waals surface area (Å²) < 4.78 is 0. The molecule has 1 aliphatic rings. The largest absolute Gasteiger partial charge is 0.497 e. The highest BCUT2D eigenvalue weighted by atomic mass is 15.2. The summed E-state index contributed by atoms with van der Waals surface area (Å²) in [5, 5.41) is 7.50. The zero-order valence-electron chi connectivity index (χ0n) is 6.75. The van der Waals surface area contributed by atoms with Crippen LogP contribution in [0.3, 0.4) is 0 Å². The SMILES string of the molecule is [N-]=[N+]=C1C=C(c2ccccc2)N=N1. The third-order valence-corrected chi connectivity index (χ3v) is 1.70. The first kappa shape index (κ1) is 7.58. The highest BCUT2D eigenvalue weighted by Crippen LogP contribution is 2.19. The highest BCUT2D eigenvalue weighted by Gasteiger charge is 2.16. The van der Waals surface area contributed by atoms with Crippen LogP contribution in [0.25, 0.3) is 11.2 Å². The molecule has 1 aromatic carbocycles. The third-order valence-electron chi connectivity index (χ3n) is 1.70. The van der Waals surface area contributed by atoms with Crippen molar-refractivity contribution in [3.8, 4) is 0 Å². The van der Waals surface area contributed by atoms with Crippen LogP contribution in [0.4, 0.5) is 0 Å². The first-order valence-corrected chi connectivity index (χ1v) is 3.81. The van der Waals surface area contributed by atoms with Gasteiger partial charge in [0.1, 0.15) is 5.70 Å². The quantitative estimate of drug-likeness (QED) is 0.458. The van der Waals surface area contributed by atoms with Gasteiger partial charge in [-0.05, 0) is 5.11 Å². The van der Waals surface area contributed by atoms with E-state index in [0.29, 0.717) is 5.70 Å². The molecule has 0 amide bonds. The molecule has 62 valence electrons. The Kier molecular flexibility index (Phi) is 1.82. The van der Waals surface area contributed by atoms with Gasteiger partial charge in [-0.15, -0.1) is 0 Å². The molecule has 0 bridgehead atoms. The number of amidine groups is 1. The molecule has 0 aromatic heterocycles. The lowest BCUT2D eigenvalue weighted by Gasteiger charge is -1.91. The normalized spacial score (nSPS) is 14.2. The summed E-state index contributed by atoms with van der Waals surface area (Å²) in [5.41, 5.74) is 10.1. The Morgan fingerprint density at radius 2 is 1.85 bits per heavy atom. The minimum absolute atomic E-state index is 0.235. The molecule has 0 saturated carbocycles. The minimum atomic E-state index is 0.235. The van der Waals surface area contributed by atoms with E-state index >= 15 is 0 Å². The van der Waals surface area contributed by atoms with E-state index in [0.717, 1.165) is 5.56 Å². The van der Waals surface area contributed by atoms with Gasteiger partial charge in [0.2, 0.25) is 0 Å². The van der Waals surface area contributed by atoms with Gasteiger partial charge in [-0.1, -0.05) is 30.3 Å². The average Bonchev–Trinajstić information content (AvgIpc) is 2.67. The summed E-state index contributed by atoms with van der Waals surface area (Å²) in [4.78, 5) is 2.94. The maximum Gasteiger partial charge on any atom is 0.428 e. The van der Waals surface area contributed by atoms with Crippen molar-refractivity contribution >= 4 is 11.5 Å². The van der Waals surface area contributed by atoms with Crippen molar-refractivity contribution in [2.75, 3.05) is 0 Å². The molecule has 4 heteroatoms. The van der Waals surface area contributed by atoms with Gasteiger partial charge < -0.3 is 10.3 Å². The number of rotatable bonds is 1. The fourth-order valence-electron chi connectivity index (χ4n) is 1.08. The Labute approximate surface area is 74.9 Å². The number of azo groups is 1. The average molecular weight is 170 g/mol. The van der Waals surface area contributed by atoms with Crippen LogP contribution in [0, 0.1) is 0 Å². The molecule has 0 N–H and O–H groups in total. The topological polar surface area (TPSA) is 61.1 Å². The zero-order valence-corrected chi connectivity index (χ0v) is 6.75. The molecule has 1 aliphatic heterocycles. The monoisotopic (exact) mass is 170 g/mol. The van der Waals surface area contributed by atoms with Gasteiger partial charge in [0.15, 0.2) is 0 Å². The molecule has 0 saturated heterocycles. The third kappa shape index (κ3) is 1.43. The number of nitrogens with zero attached hydrogens (tertiary/aromatic N) is 4. The Balaban J connectivity index is 2.41. The van der Waals surface area contributed by atoms with E-state index < -0.39 is 0 Å². The van der Waals surface area contributed by atoms with Gasteiger partial charge in [-0.2, -0.15) is 0 Å². The lowest BCUT2D eigenvalue weighted by atomic mass is 10.1. The number of benzene rings is 1. The summed E-state index contributed by atoms with van der Waals surface area (Å²) in [6.45, 7) is 0. The van der Waals surface area contributed by atoms with Gasteiger partial charge in [0.25, 0.3) is 0 Å².